The monoisotopic (exact) mass is 376 g/mol. The number of phenolic OH excluding ortho intramolecular Hbond substituents is 1. The topological polar surface area (TPSA) is 86.0 Å². The molecule has 0 radical (unpaired) electrons. The van der Waals surface area contributed by atoms with Gasteiger partial charge in [0.1, 0.15) is 39.9 Å². The molecule has 1 atom stereocenters. The summed E-state index contributed by atoms with van der Waals surface area (Å²) >= 11 is 1.39. The maximum Gasteiger partial charge on any atom is 0.331 e. The van der Waals surface area contributed by atoms with Crippen molar-refractivity contribution in [3.8, 4) is 11.5 Å². The fraction of sp³-hybridized carbons (Fsp3) is 0.368. The van der Waals surface area contributed by atoms with E-state index in [2.05, 4.69) is 0 Å². The van der Waals surface area contributed by atoms with Gasteiger partial charge in [0.15, 0.2) is 5.43 Å². The van der Waals surface area contributed by atoms with Crippen molar-refractivity contribution >= 4 is 28.7 Å². The van der Waals surface area contributed by atoms with Crippen LogP contribution in [0.15, 0.2) is 32.8 Å². The van der Waals surface area contributed by atoms with Gasteiger partial charge in [0.05, 0.1) is 0 Å². The molecule has 138 valence electrons. The lowest BCUT2D eigenvalue weighted by atomic mass is 9.89. The number of rotatable bonds is 3. The lowest BCUT2D eigenvalue weighted by Crippen LogP contribution is -2.48. The lowest BCUT2D eigenvalue weighted by Gasteiger charge is -2.39. The van der Waals surface area contributed by atoms with E-state index in [9.17, 15) is 14.7 Å². The minimum atomic E-state index is -0.805. The average molecular weight is 376 g/mol. The van der Waals surface area contributed by atoms with Crippen LogP contribution in [0.5, 0.6) is 11.5 Å². The standard InChI is InChI=1S/C19H20O6S/c1-10-7-12(20)17-14(23-10)9-13-11(18(17)22)8-15(19(2,3)25-13)24-16(21)5-6-26-4/h5-7,9,15,22H,8H2,1-4H3/b6-5+/t15-/m1/s1. The average Bonchev–Trinajstić information content (AvgIpc) is 2.53. The van der Waals surface area contributed by atoms with Crippen LogP contribution in [-0.2, 0) is 16.0 Å². The summed E-state index contributed by atoms with van der Waals surface area (Å²) in [6.07, 6.45) is 2.80. The summed E-state index contributed by atoms with van der Waals surface area (Å²) in [6, 6.07) is 2.93. The van der Waals surface area contributed by atoms with E-state index in [1.807, 2.05) is 6.26 Å². The number of aromatic hydroxyl groups is 1. The molecule has 2 heterocycles. The normalized spacial score (nSPS) is 18.5. The van der Waals surface area contributed by atoms with Gasteiger partial charge in [-0.3, -0.25) is 4.79 Å². The summed E-state index contributed by atoms with van der Waals surface area (Å²) in [5.74, 6) is 0.187. The quantitative estimate of drug-likeness (QED) is 0.650. The summed E-state index contributed by atoms with van der Waals surface area (Å²) in [7, 11) is 0. The van der Waals surface area contributed by atoms with Gasteiger partial charge in [-0.15, -0.1) is 11.8 Å². The lowest BCUT2D eigenvalue weighted by molar-refractivity contribution is -0.155. The molecule has 1 N–H and O–H groups in total. The van der Waals surface area contributed by atoms with Crippen molar-refractivity contribution in [2.75, 3.05) is 6.26 Å². The minimum Gasteiger partial charge on any atom is -0.507 e. The first kappa shape index (κ1) is 18.4. The van der Waals surface area contributed by atoms with Gasteiger partial charge in [-0.2, -0.15) is 0 Å². The number of hydrogen-bond acceptors (Lipinski definition) is 7. The van der Waals surface area contributed by atoms with Gasteiger partial charge in [0.25, 0.3) is 0 Å². The fourth-order valence-corrected chi connectivity index (χ4v) is 3.24. The van der Waals surface area contributed by atoms with E-state index in [0.717, 1.165) is 0 Å². The Morgan fingerprint density at radius 3 is 2.85 bits per heavy atom. The van der Waals surface area contributed by atoms with Crippen LogP contribution in [0.3, 0.4) is 0 Å². The van der Waals surface area contributed by atoms with E-state index in [1.165, 1.54) is 23.9 Å². The number of carbonyl (C=O) groups excluding carboxylic acids is 1. The SMILES string of the molecule is CS/C=C/C(=O)O[C@@H]1Cc2c(cc3oc(C)cc(=O)c3c2O)OC1(C)C. The van der Waals surface area contributed by atoms with Gasteiger partial charge in [0, 0.05) is 30.2 Å². The second-order valence-electron chi connectivity index (χ2n) is 6.67. The Balaban J connectivity index is 2.05. The van der Waals surface area contributed by atoms with Crippen molar-refractivity contribution in [1.29, 1.82) is 0 Å². The van der Waals surface area contributed by atoms with Crippen molar-refractivity contribution in [3.05, 3.63) is 45.2 Å². The molecule has 1 aromatic heterocycles. The molecule has 0 unspecified atom stereocenters. The van der Waals surface area contributed by atoms with Crippen LogP contribution in [-0.4, -0.2) is 29.0 Å². The van der Waals surface area contributed by atoms with Crippen LogP contribution in [0, 0.1) is 6.92 Å². The van der Waals surface area contributed by atoms with Crippen molar-refractivity contribution < 1.29 is 23.8 Å². The first-order chi connectivity index (χ1) is 12.2. The zero-order chi connectivity index (χ0) is 19.1. The third-order valence-electron chi connectivity index (χ3n) is 4.32. The highest BCUT2D eigenvalue weighted by molar-refractivity contribution is 8.01. The largest absolute Gasteiger partial charge is 0.507 e. The van der Waals surface area contributed by atoms with E-state index in [1.54, 1.807) is 32.2 Å². The van der Waals surface area contributed by atoms with Gasteiger partial charge in [0.2, 0.25) is 0 Å². The summed E-state index contributed by atoms with van der Waals surface area (Å²) < 4.78 is 17.0. The maximum atomic E-state index is 12.3. The Kier molecular flexibility index (Phi) is 4.75. The van der Waals surface area contributed by atoms with Crippen LogP contribution in [0.2, 0.25) is 0 Å². The van der Waals surface area contributed by atoms with Gasteiger partial charge in [-0.1, -0.05) is 0 Å². The predicted octanol–water partition coefficient (Wildman–Crippen LogP) is 3.31. The first-order valence-corrected chi connectivity index (χ1v) is 9.40. The number of aryl methyl sites for hydroxylation is 1. The molecule has 0 saturated heterocycles. The maximum absolute atomic E-state index is 12.3. The molecule has 2 aromatic rings. The number of carbonyl (C=O) groups is 1. The molecule has 0 fully saturated rings. The van der Waals surface area contributed by atoms with Gasteiger partial charge >= 0.3 is 5.97 Å². The highest BCUT2D eigenvalue weighted by Crippen LogP contribution is 2.42. The van der Waals surface area contributed by atoms with Crippen molar-refractivity contribution in [2.45, 2.75) is 38.9 Å². The zero-order valence-corrected chi connectivity index (χ0v) is 15.8. The van der Waals surface area contributed by atoms with Crippen LogP contribution >= 0.6 is 11.8 Å². The predicted molar refractivity (Wildman–Crippen MR) is 99.8 cm³/mol. The number of benzene rings is 1. The molecule has 1 aromatic carbocycles. The van der Waals surface area contributed by atoms with E-state index in [-0.39, 0.29) is 28.6 Å². The molecule has 0 bridgehead atoms. The number of ether oxygens (including phenoxy) is 2. The molecule has 3 rings (SSSR count). The summed E-state index contributed by atoms with van der Waals surface area (Å²) in [4.78, 5) is 24.2. The molecular weight excluding hydrogens is 356 g/mol. The third kappa shape index (κ3) is 3.31. The number of thioether (sulfide) groups is 1. The number of esters is 1. The second kappa shape index (κ2) is 6.72. The van der Waals surface area contributed by atoms with E-state index >= 15 is 0 Å². The Bertz CT molecular complexity index is 957. The highest BCUT2D eigenvalue weighted by atomic mass is 32.2. The molecule has 7 heteroatoms. The molecule has 1 aliphatic rings. The van der Waals surface area contributed by atoms with Gasteiger partial charge in [-0.25, -0.2) is 4.79 Å². The summed E-state index contributed by atoms with van der Waals surface area (Å²) in [5, 5.41) is 12.4. The highest BCUT2D eigenvalue weighted by Gasteiger charge is 2.41. The van der Waals surface area contributed by atoms with E-state index in [0.29, 0.717) is 17.1 Å². The zero-order valence-electron chi connectivity index (χ0n) is 15.0. The molecule has 0 spiro atoms. The number of phenols is 1. The van der Waals surface area contributed by atoms with Crippen molar-refractivity contribution in [2.24, 2.45) is 0 Å². The van der Waals surface area contributed by atoms with Crippen LogP contribution < -0.4 is 10.2 Å². The smallest absolute Gasteiger partial charge is 0.331 e. The van der Waals surface area contributed by atoms with Crippen molar-refractivity contribution in [3.63, 3.8) is 0 Å². The fourth-order valence-electron chi connectivity index (χ4n) is 3.00. The Hall–Kier alpha value is -2.41. The minimum absolute atomic E-state index is 0.102. The van der Waals surface area contributed by atoms with E-state index < -0.39 is 17.7 Å². The molecular formula is C19H20O6S. The molecule has 0 amide bonds. The molecule has 0 saturated carbocycles. The van der Waals surface area contributed by atoms with Gasteiger partial charge in [-0.05, 0) is 32.4 Å². The molecule has 6 nitrogen and oxygen atoms in total. The van der Waals surface area contributed by atoms with Crippen LogP contribution in [0.4, 0.5) is 0 Å². The molecule has 0 aliphatic carbocycles. The summed E-state index contributed by atoms with van der Waals surface area (Å²) in [5.41, 5.74) is -0.439. The second-order valence-corrected chi connectivity index (χ2v) is 7.41. The first-order valence-electron chi connectivity index (χ1n) is 8.11. The van der Waals surface area contributed by atoms with Crippen LogP contribution in [0.1, 0.15) is 25.2 Å². The number of hydrogen-bond donors (Lipinski definition) is 1. The molecule has 26 heavy (non-hydrogen) atoms. The van der Waals surface area contributed by atoms with E-state index in [4.69, 9.17) is 13.9 Å². The Morgan fingerprint density at radius 1 is 1.42 bits per heavy atom. The van der Waals surface area contributed by atoms with Crippen molar-refractivity contribution in [1.82, 2.24) is 0 Å². The Labute approximate surface area is 154 Å². The number of fused-ring (bicyclic) bond motifs is 2. The van der Waals surface area contributed by atoms with Gasteiger partial charge < -0.3 is 19.0 Å². The van der Waals surface area contributed by atoms with Crippen LogP contribution in [0.25, 0.3) is 11.0 Å². The molecule has 1 aliphatic heterocycles. The Morgan fingerprint density at radius 2 is 2.15 bits per heavy atom. The third-order valence-corrected chi connectivity index (χ3v) is 4.73. The summed E-state index contributed by atoms with van der Waals surface area (Å²) in [6.45, 7) is 5.28.